The summed E-state index contributed by atoms with van der Waals surface area (Å²) in [6.45, 7) is 9.45. The third kappa shape index (κ3) is 5.07. The monoisotopic (exact) mass is 285 g/mol. The first kappa shape index (κ1) is 16.4. The molecule has 5 heteroatoms. The molecule has 1 unspecified atom stereocenters. The number of nitrogens with one attached hydrogen (secondary N) is 1. The van der Waals surface area contributed by atoms with Gasteiger partial charge >= 0.3 is 0 Å². The normalized spacial score (nSPS) is 19.4. The second-order valence-electron chi connectivity index (χ2n) is 5.75. The van der Waals surface area contributed by atoms with Gasteiger partial charge in [0.1, 0.15) is 0 Å². The highest BCUT2D eigenvalue weighted by atomic mass is 32.1. The number of hydrogen-bond acceptors (Lipinski definition) is 3. The summed E-state index contributed by atoms with van der Waals surface area (Å²) < 4.78 is 0. The average molecular weight is 285 g/mol. The third-order valence-electron chi connectivity index (χ3n) is 3.73. The highest BCUT2D eigenvalue weighted by Gasteiger charge is 2.28. The van der Waals surface area contributed by atoms with E-state index in [0.29, 0.717) is 4.99 Å². The van der Waals surface area contributed by atoms with E-state index in [1.54, 1.807) is 0 Å². The summed E-state index contributed by atoms with van der Waals surface area (Å²) >= 11 is 5.00. The number of carbonyl (C=O) groups excluding carboxylic acids is 1. The first-order chi connectivity index (χ1) is 8.95. The van der Waals surface area contributed by atoms with Crippen LogP contribution in [0.5, 0.6) is 0 Å². The summed E-state index contributed by atoms with van der Waals surface area (Å²) in [4.78, 5) is 15.0. The predicted molar refractivity (Wildman–Crippen MR) is 83.0 cm³/mol. The van der Waals surface area contributed by atoms with E-state index in [1.807, 2.05) is 13.8 Å². The molecule has 1 atom stereocenters. The Morgan fingerprint density at radius 3 is 2.42 bits per heavy atom. The maximum Gasteiger partial charge on any atom is 0.230 e. The van der Waals surface area contributed by atoms with Crippen LogP contribution < -0.4 is 11.1 Å². The molecule has 1 saturated heterocycles. The smallest absolute Gasteiger partial charge is 0.230 e. The van der Waals surface area contributed by atoms with Crippen LogP contribution in [0.25, 0.3) is 0 Å². The molecule has 0 aliphatic carbocycles. The van der Waals surface area contributed by atoms with Crippen molar-refractivity contribution in [1.29, 1.82) is 0 Å². The molecule has 19 heavy (non-hydrogen) atoms. The Morgan fingerprint density at radius 1 is 1.42 bits per heavy atom. The van der Waals surface area contributed by atoms with E-state index in [9.17, 15) is 4.79 Å². The molecule has 1 aliphatic heterocycles. The number of hydrogen-bond donors (Lipinski definition) is 2. The van der Waals surface area contributed by atoms with Crippen molar-refractivity contribution in [3.63, 3.8) is 0 Å². The van der Waals surface area contributed by atoms with Crippen molar-refractivity contribution in [3.05, 3.63) is 0 Å². The van der Waals surface area contributed by atoms with E-state index in [2.05, 4.69) is 17.1 Å². The summed E-state index contributed by atoms with van der Waals surface area (Å²) in [7, 11) is 0. The van der Waals surface area contributed by atoms with Gasteiger partial charge in [0.05, 0.1) is 10.9 Å². The molecule has 0 saturated carbocycles. The van der Waals surface area contributed by atoms with Gasteiger partial charge in [-0.1, -0.05) is 33.0 Å². The Kier molecular flexibility index (Phi) is 6.72. The molecule has 0 radical (unpaired) electrons. The Balaban J connectivity index is 2.43. The molecule has 1 amide bonds. The van der Waals surface area contributed by atoms with Crippen molar-refractivity contribution in [2.24, 2.45) is 17.6 Å². The third-order valence-corrected chi connectivity index (χ3v) is 3.98. The summed E-state index contributed by atoms with van der Waals surface area (Å²) in [6, 6.07) is 0.274. The minimum Gasteiger partial charge on any atom is -0.393 e. The molecule has 0 aromatic rings. The Hall–Kier alpha value is -0.680. The standard InChI is InChI=1S/C14H27N3OS/c1-4-7-17-8-5-11(6-9-17)16-14(18)12(10(2)3)13(15)19/h10-12H,4-9H2,1-3H3,(H2,15,19)(H,16,18). The SMILES string of the molecule is CCCN1CCC(NC(=O)C(C(N)=S)C(C)C)CC1. The molecule has 0 spiro atoms. The van der Waals surface area contributed by atoms with Crippen LogP contribution >= 0.6 is 12.2 Å². The van der Waals surface area contributed by atoms with Gasteiger partial charge < -0.3 is 16.0 Å². The zero-order valence-corrected chi connectivity index (χ0v) is 13.1. The van der Waals surface area contributed by atoms with Crippen LogP contribution in [0.15, 0.2) is 0 Å². The van der Waals surface area contributed by atoms with Gasteiger partial charge in [0.15, 0.2) is 0 Å². The minimum absolute atomic E-state index is 0.00329. The fraction of sp³-hybridized carbons (Fsp3) is 0.857. The fourth-order valence-corrected chi connectivity index (χ4v) is 3.05. The molecule has 0 aromatic heterocycles. The molecule has 1 aliphatic rings. The number of carbonyl (C=O) groups is 1. The van der Waals surface area contributed by atoms with Crippen LogP contribution in [-0.4, -0.2) is 41.5 Å². The van der Waals surface area contributed by atoms with Crippen LogP contribution in [0, 0.1) is 11.8 Å². The van der Waals surface area contributed by atoms with Gasteiger partial charge in [-0.15, -0.1) is 0 Å². The zero-order valence-electron chi connectivity index (χ0n) is 12.3. The lowest BCUT2D eigenvalue weighted by atomic mass is 9.94. The highest BCUT2D eigenvalue weighted by molar-refractivity contribution is 7.80. The van der Waals surface area contributed by atoms with E-state index < -0.39 is 0 Å². The first-order valence-corrected chi connectivity index (χ1v) is 7.68. The van der Waals surface area contributed by atoms with Gasteiger partial charge in [-0.2, -0.15) is 0 Å². The van der Waals surface area contributed by atoms with Crippen LogP contribution in [0.2, 0.25) is 0 Å². The number of rotatable bonds is 6. The van der Waals surface area contributed by atoms with Gasteiger partial charge in [-0.3, -0.25) is 4.79 Å². The maximum atomic E-state index is 12.2. The Morgan fingerprint density at radius 2 is 2.00 bits per heavy atom. The number of nitrogens with zero attached hydrogens (tertiary/aromatic N) is 1. The van der Waals surface area contributed by atoms with E-state index in [4.69, 9.17) is 18.0 Å². The second-order valence-corrected chi connectivity index (χ2v) is 6.22. The molecule has 3 N–H and O–H groups in total. The van der Waals surface area contributed by atoms with Crippen molar-refractivity contribution in [2.45, 2.75) is 46.1 Å². The van der Waals surface area contributed by atoms with E-state index in [0.717, 1.165) is 32.5 Å². The predicted octanol–water partition coefficient (Wildman–Crippen LogP) is 1.54. The van der Waals surface area contributed by atoms with E-state index in [-0.39, 0.29) is 23.8 Å². The molecule has 0 aromatic carbocycles. The molecule has 0 bridgehead atoms. The molecule has 110 valence electrons. The quantitative estimate of drug-likeness (QED) is 0.727. The second kappa shape index (κ2) is 7.80. The number of piperidine rings is 1. The molecule has 1 rings (SSSR count). The van der Waals surface area contributed by atoms with E-state index >= 15 is 0 Å². The Labute approximate surface area is 122 Å². The molecular weight excluding hydrogens is 258 g/mol. The van der Waals surface area contributed by atoms with Crippen LogP contribution in [0.4, 0.5) is 0 Å². The number of likely N-dealkylation sites (tertiary alicyclic amines) is 1. The summed E-state index contributed by atoms with van der Waals surface area (Å²) in [5, 5.41) is 3.11. The van der Waals surface area contributed by atoms with Crippen molar-refractivity contribution in [2.75, 3.05) is 19.6 Å². The molecule has 1 heterocycles. The average Bonchev–Trinajstić information content (AvgIpc) is 2.31. The van der Waals surface area contributed by atoms with Gasteiger partial charge in [-0.25, -0.2) is 0 Å². The first-order valence-electron chi connectivity index (χ1n) is 7.27. The number of thiocarbonyl (C=S) groups is 1. The summed E-state index contributed by atoms with van der Waals surface area (Å²) in [5.74, 6) is -0.196. The van der Waals surface area contributed by atoms with Crippen molar-refractivity contribution >= 4 is 23.1 Å². The van der Waals surface area contributed by atoms with Crippen LogP contribution in [-0.2, 0) is 4.79 Å². The number of nitrogens with two attached hydrogens (primary N) is 1. The highest BCUT2D eigenvalue weighted by Crippen LogP contribution is 2.15. The summed E-state index contributed by atoms with van der Waals surface area (Å²) in [5.41, 5.74) is 5.67. The van der Waals surface area contributed by atoms with Crippen molar-refractivity contribution in [3.8, 4) is 0 Å². The lowest BCUT2D eigenvalue weighted by molar-refractivity contribution is -0.125. The van der Waals surface area contributed by atoms with Crippen LogP contribution in [0.3, 0.4) is 0 Å². The largest absolute Gasteiger partial charge is 0.393 e. The van der Waals surface area contributed by atoms with Crippen molar-refractivity contribution < 1.29 is 4.79 Å². The lowest BCUT2D eigenvalue weighted by Gasteiger charge is -2.33. The maximum absolute atomic E-state index is 12.2. The van der Waals surface area contributed by atoms with Crippen LogP contribution in [0.1, 0.15) is 40.0 Å². The van der Waals surface area contributed by atoms with E-state index in [1.165, 1.54) is 6.42 Å². The van der Waals surface area contributed by atoms with Gasteiger partial charge in [0.2, 0.25) is 5.91 Å². The Bertz CT molecular complexity index is 312. The van der Waals surface area contributed by atoms with Crippen molar-refractivity contribution in [1.82, 2.24) is 10.2 Å². The molecular formula is C14H27N3OS. The zero-order chi connectivity index (χ0) is 14.4. The van der Waals surface area contributed by atoms with Gasteiger partial charge in [0.25, 0.3) is 0 Å². The van der Waals surface area contributed by atoms with Gasteiger partial charge in [-0.05, 0) is 31.7 Å². The summed E-state index contributed by atoms with van der Waals surface area (Å²) in [6.07, 6.45) is 3.23. The topological polar surface area (TPSA) is 58.4 Å². The fourth-order valence-electron chi connectivity index (χ4n) is 2.67. The molecule has 4 nitrogen and oxygen atoms in total. The molecule has 1 fully saturated rings. The lowest BCUT2D eigenvalue weighted by Crippen LogP contribution is -2.49. The van der Waals surface area contributed by atoms with Gasteiger partial charge in [0, 0.05) is 19.1 Å². The number of amides is 1. The minimum atomic E-state index is -0.344.